The van der Waals surface area contributed by atoms with Gasteiger partial charge in [0.05, 0.1) is 12.5 Å². The highest BCUT2D eigenvalue weighted by atomic mass is 16.3. The lowest BCUT2D eigenvalue weighted by Gasteiger charge is -2.25. The predicted octanol–water partition coefficient (Wildman–Crippen LogP) is 3.24. The summed E-state index contributed by atoms with van der Waals surface area (Å²) in [4.78, 5) is 0. The van der Waals surface area contributed by atoms with Crippen molar-refractivity contribution in [3.05, 3.63) is 24.2 Å². The van der Waals surface area contributed by atoms with Gasteiger partial charge in [-0.3, -0.25) is 0 Å². The summed E-state index contributed by atoms with van der Waals surface area (Å²) in [7, 11) is 0. The van der Waals surface area contributed by atoms with Gasteiger partial charge in [0.15, 0.2) is 0 Å². The Labute approximate surface area is 93.1 Å². The van der Waals surface area contributed by atoms with Crippen LogP contribution in [-0.4, -0.2) is 12.6 Å². The molecule has 1 aromatic heterocycles. The van der Waals surface area contributed by atoms with Crippen LogP contribution in [0.3, 0.4) is 0 Å². The highest BCUT2D eigenvalue weighted by Gasteiger charge is 2.17. The van der Waals surface area contributed by atoms with Gasteiger partial charge in [-0.25, -0.2) is 0 Å². The topological polar surface area (TPSA) is 25.2 Å². The lowest BCUT2D eigenvalue weighted by Crippen LogP contribution is -2.37. The van der Waals surface area contributed by atoms with Gasteiger partial charge in [0.25, 0.3) is 0 Å². The second-order valence-corrected chi connectivity index (χ2v) is 4.08. The molecule has 0 bridgehead atoms. The number of rotatable bonds is 7. The molecule has 1 unspecified atom stereocenters. The molecule has 0 aliphatic heterocycles. The fraction of sp³-hybridized carbons (Fsp3) is 0.692. The normalized spacial score (nSPS) is 13.3. The van der Waals surface area contributed by atoms with Crippen LogP contribution in [0.4, 0.5) is 0 Å². The molecule has 0 aromatic carbocycles. The first-order valence-electron chi connectivity index (χ1n) is 6.06. The fourth-order valence-electron chi connectivity index (χ4n) is 2.19. The maximum atomic E-state index is 5.11. The predicted molar refractivity (Wildman–Crippen MR) is 63.9 cm³/mol. The van der Waals surface area contributed by atoms with E-state index < -0.39 is 0 Å². The Balaban J connectivity index is 2.56. The van der Waals surface area contributed by atoms with Crippen molar-refractivity contribution in [1.29, 1.82) is 0 Å². The van der Waals surface area contributed by atoms with Crippen LogP contribution >= 0.6 is 0 Å². The minimum absolute atomic E-state index is 0.586. The molecule has 0 amide bonds. The minimum Gasteiger partial charge on any atom is -0.472 e. The number of nitrogens with one attached hydrogen (secondary N) is 1. The van der Waals surface area contributed by atoms with Gasteiger partial charge in [-0.1, -0.05) is 33.6 Å². The first kappa shape index (κ1) is 12.3. The summed E-state index contributed by atoms with van der Waals surface area (Å²) in [5.74, 6) is 0.764. The zero-order valence-corrected chi connectivity index (χ0v) is 10.1. The zero-order chi connectivity index (χ0) is 11.1. The molecule has 1 atom stereocenters. The minimum atomic E-state index is 0.586. The third kappa shape index (κ3) is 3.71. The maximum absolute atomic E-state index is 5.11. The van der Waals surface area contributed by atoms with Crippen molar-refractivity contribution in [2.45, 2.75) is 46.1 Å². The van der Waals surface area contributed by atoms with E-state index in [2.05, 4.69) is 32.2 Å². The van der Waals surface area contributed by atoms with Gasteiger partial charge in [-0.05, 0) is 30.5 Å². The van der Waals surface area contributed by atoms with Crippen LogP contribution in [-0.2, 0) is 6.42 Å². The molecule has 0 saturated carbocycles. The maximum Gasteiger partial charge on any atom is 0.0935 e. The molecule has 2 nitrogen and oxygen atoms in total. The van der Waals surface area contributed by atoms with Gasteiger partial charge in [0, 0.05) is 6.04 Å². The first-order chi connectivity index (χ1) is 7.31. The molecule has 1 N–H and O–H groups in total. The quantitative estimate of drug-likeness (QED) is 0.745. The summed E-state index contributed by atoms with van der Waals surface area (Å²) in [6.07, 6.45) is 7.17. The number of furan rings is 1. The summed E-state index contributed by atoms with van der Waals surface area (Å²) in [5.41, 5.74) is 1.30. The fourth-order valence-corrected chi connectivity index (χ4v) is 2.19. The van der Waals surface area contributed by atoms with Gasteiger partial charge in [-0.15, -0.1) is 0 Å². The lowest BCUT2D eigenvalue weighted by molar-refractivity contribution is 0.336. The second kappa shape index (κ2) is 6.67. The molecule has 0 fully saturated rings. The van der Waals surface area contributed by atoms with E-state index in [-0.39, 0.29) is 0 Å². The van der Waals surface area contributed by atoms with Gasteiger partial charge in [-0.2, -0.15) is 0 Å². The second-order valence-electron chi connectivity index (χ2n) is 4.08. The highest BCUT2D eigenvalue weighted by molar-refractivity contribution is 5.07. The van der Waals surface area contributed by atoms with Gasteiger partial charge in [0.1, 0.15) is 0 Å². The van der Waals surface area contributed by atoms with Crippen LogP contribution in [0.1, 0.15) is 39.2 Å². The van der Waals surface area contributed by atoms with Crippen LogP contribution in [0.15, 0.2) is 23.0 Å². The van der Waals surface area contributed by atoms with Crippen LogP contribution in [0, 0.1) is 5.92 Å². The monoisotopic (exact) mass is 209 g/mol. The number of likely N-dealkylation sites (N-methyl/N-ethyl adjacent to an activating group) is 1. The van der Waals surface area contributed by atoms with Gasteiger partial charge in [0.2, 0.25) is 0 Å². The first-order valence-corrected chi connectivity index (χ1v) is 6.06. The summed E-state index contributed by atoms with van der Waals surface area (Å²) in [6.45, 7) is 7.76. The summed E-state index contributed by atoms with van der Waals surface area (Å²) in [6, 6.07) is 2.65. The van der Waals surface area contributed by atoms with Crippen LogP contribution < -0.4 is 5.32 Å². The molecule has 2 heteroatoms. The molecule has 0 saturated heterocycles. The number of hydrogen-bond acceptors (Lipinski definition) is 2. The Bertz CT molecular complexity index is 239. The third-order valence-corrected chi connectivity index (χ3v) is 3.12. The molecule has 1 rings (SSSR count). The average Bonchev–Trinajstić information content (AvgIpc) is 2.72. The van der Waals surface area contributed by atoms with Crippen LogP contribution in [0.2, 0.25) is 0 Å². The van der Waals surface area contributed by atoms with E-state index in [0.717, 1.165) is 18.9 Å². The van der Waals surface area contributed by atoms with E-state index in [0.29, 0.717) is 6.04 Å². The van der Waals surface area contributed by atoms with Crippen molar-refractivity contribution in [3.63, 3.8) is 0 Å². The zero-order valence-electron chi connectivity index (χ0n) is 10.1. The van der Waals surface area contributed by atoms with E-state index in [1.54, 1.807) is 6.26 Å². The van der Waals surface area contributed by atoms with Crippen LogP contribution in [0.5, 0.6) is 0 Å². The Hall–Kier alpha value is -0.760. The third-order valence-electron chi connectivity index (χ3n) is 3.12. The van der Waals surface area contributed by atoms with Crippen molar-refractivity contribution in [2.24, 2.45) is 5.92 Å². The lowest BCUT2D eigenvalue weighted by atomic mass is 9.90. The molecule has 15 heavy (non-hydrogen) atoms. The SMILES string of the molecule is CCNC(Cc1ccoc1)C(CC)CC. The average molecular weight is 209 g/mol. The van der Waals surface area contributed by atoms with Crippen molar-refractivity contribution in [2.75, 3.05) is 6.54 Å². The Morgan fingerprint density at radius 1 is 1.27 bits per heavy atom. The Morgan fingerprint density at radius 3 is 2.47 bits per heavy atom. The van der Waals surface area contributed by atoms with E-state index >= 15 is 0 Å². The van der Waals surface area contributed by atoms with Crippen LogP contribution in [0.25, 0.3) is 0 Å². The molecule has 0 aliphatic carbocycles. The van der Waals surface area contributed by atoms with Crippen molar-refractivity contribution >= 4 is 0 Å². The largest absolute Gasteiger partial charge is 0.472 e. The highest BCUT2D eigenvalue weighted by Crippen LogP contribution is 2.17. The van der Waals surface area contributed by atoms with E-state index in [9.17, 15) is 0 Å². The molecule has 86 valence electrons. The molecule has 1 aromatic rings. The number of hydrogen-bond donors (Lipinski definition) is 1. The molecular weight excluding hydrogens is 186 g/mol. The Kier molecular flexibility index (Phi) is 5.48. The summed E-state index contributed by atoms with van der Waals surface area (Å²) < 4.78 is 5.11. The standard InChI is InChI=1S/C13H23NO/c1-4-12(5-2)13(14-6-3)9-11-7-8-15-10-11/h7-8,10,12-14H,4-6,9H2,1-3H3. The van der Waals surface area contributed by atoms with E-state index in [1.165, 1.54) is 18.4 Å². The smallest absolute Gasteiger partial charge is 0.0935 e. The Morgan fingerprint density at radius 2 is 2.00 bits per heavy atom. The van der Waals surface area contributed by atoms with Gasteiger partial charge >= 0.3 is 0 Å². The molecule has 0 aliphatic rings. The summed E-state index contributed by atoms with van der Waals surface area (Å²) in [5, 5.41) is 3.58. The van der Waals surface area contributed by atoms with Gasteiger partial charge < -0.3 is 9.73 Å². The molecule has 0 radical (unpaired) electrons. The summed E-state index contributed by atoms with van der Waals surface area (Å²) >= 11 is 0. The molecular formula is C13H23NO. The van der Waals surface area contributed by atoms with Crippen molar-refractivity contribution in [1.82, 2.24) is 5.32 Å². The van der Waals surface area contributed by atoms with Crippen molar-refractivity contribution < 1.29 is 4.42 Å². The molecule has 1 heterocycles. The van der Waals surface area contributed by atoms with E-state index in [1.807, 2.05) is 6.26 Å². The molecule has 0 spiro atoms. The van der Waals surface area contributed by atoms with E-state index in [4.69, 9.17) is 4.42 Å². The van der Waals surface area contributed by atoms with Crippen molar-refractivity contribution in [3.8, 4) is 0 Å².